The number of hydrogen-bond acceptors (Lipinski definition) is 5. The molecule has 0 saturated heterocycles. The summed E-state index contributed by atoms with van der Waals surface area (Å²) in [6.45, 7) is 5.96. The number of aromatic nitrogens is 3. The number of nitrogens with one attached hydrogen (secondary N) is 2. The molecule has 23 heavy (non-hydrogen) atoms. The van der Waals surface area contributed by atoms with E-state index in [1.54, 1.807) is 6.07 Å². The molecule has 1 aromatic heterocycles. The molecule has 0 unspecified atom stereocenters. The SMILES string of the molecule is CCSc1n[nH]c(NC(=O)CCC(=O)c2ccc(C)c(C)c2)n1. The van der Waals surface area contributed by atoms with Crippen LogP contribution < -0.4 is 5.32 Å². The van der Waals surface area contributed by atoms with E-state index in [1.165, 1.54) is 11.8 Å². The Labute approximate surface area is 139 Å². The fourth-order valence-electron chi connectivity index (χ4n) is 1.98. The molecular formula is C16H20N4O2S. The summed E-state index contributed by atoms with van der Waals surface area (Å²) in [4.78, 5) is 28.1. The van der Waals surface area contributed by atoms with Crippen LogP contribution in [0.1, 0.15) is 41.3 Å². The van der Waals surface area contributed by atoms with E-state index in [4.69, 9.17) is 0 Å². The number of carbonyl (C=O) groups excluding carboxylic acids is 2. The van der Waals surface area contributed by atoms with E-state index in [0.717, 1.165) is 16.9 Å². The summed E-state index contributed by atoms with van der Waals surface area (Å²) in [6.07, 6.45) is 0.280. The average molecular weight is 332 g/mol. The predicted molar refractivity (Wildman–Crippen MR) is 90.9 cm³/mol. The number of nitrogens with zero attached hydrogens (tertiary/aromatic N) is 2. The molecule has 1 heterocycles. The van der Waals surface area contributed by atoms with Crippen molar-refractivity contribution in [1.82, 2.24) is 15.2 Å². The average Bonchev–Trinajstić information content (AvgIpc) is 2.95. The van der Waals surface area contributed by atoms with Gasteiger partial charge in [-0.3, -0.25) is 14.9 Å². The summed E-state index contributed by atoms with van der Waals surface area (Å²) in [5, 5.41) is 9.83. The first kappa shape index (κ1) is 17.2. The molecule has 7 heteroatoms. The fraction of sp³-hybridized carbons (Fsp3) is 0.375. The molecule has 2 aromatic rings. The standard InChI is InChI=1S/C16H20N4O2S/c1-4-23-16-18-15(19-20-16)17-14(22)8-7-13(21)12-6-5-10(2)11(3)9-12/h5-6,9H,4,7-8H2,1-3H3,(H2,17,18,19,20,22). The number of benzene rings is 1. The summed E-state index contributed by atoms with van der Waals surface area (Å²) in [6, 6.07) is 5.58. The van der Waals surface area contributed by atoms with Crippen LogP contribution in [0.25, 0.3) is 0 Å². The number of anilines is 1. The highest BCUT2D eigenvalue weighted by Gasteiger charge is 2.12. The zero-order valence-corrected chi connectivity index (χ0v) is 14.3. The number of H-pyrrole nitrogens is 1. The number of Topliss-reactive ketones (excluding diaryl/α,β-unsaturated/α-hetero) is 1. The van der Waals surface area contributed by atoms with Crippen molar-refractivity contribution >= 4 is 29.4 Å². The van der Waals surface area contributed by atoms with E-state index in [0.29, 0.717) is 16.7 Å². The molecule has 0 radical (unpaired) electrons. The van der Waals surface area contributed by atoms with Gasteiger partial charge in [-0.15, -0.1) is 5.10 Å². The van der Waals surface area contributed by atoms with Crippen LogP contribution in [0, 0.1) is 13.8 Å². The molecule has 0 bridgehead atoms. The summed E-state index contributed by atoms with van der Waals surface area (Å²) in [5.74, 6) is 0.870. The summed E-state index contributed by atoms with van der Waals surface area (Å²) in [7, 11) is 0. The maximum Gasteiger partial charge on any atom is 0.227 e. The number of hydrogen-bond donors (Lipinski definition) is 2. The van der Waals surface area contributed by atoms with Gasteiger partial charge in [0.25, 0.3) is 0 Å². The molecule has 0 aliphatic carbocycles. The van der Waals surface area contributed by atoms with Gasteiger partial charge in [-0.2, -0.15) is 4.98 Å². The van der Waals surface area contributed by atoms with Crippen LogP contribution in [-0.4, -0.2) is 32.6 Å². The van der Waals surface area contributed by atoms with Gasteiger partial charge in [0.2, 0.25) is 17.0 Å². The van der Waals surface area contributed by atoms with Gasteiger partial charge in [0.05, 0.1) is 0 Å². The highest BCUT2D eigenvalue weighted by atomic mass is 32.2. The van der Waals surface area contributed by atoms with E-state index >= 15 is 0 Å². The molecule has 122 valence electrons. The minimum Gasteiger partial charge on any atom is -0.295 e. The van der Waals surface area contributed by atoms with Crippen molar-refractivity contribution in [2.45, 2.75) is 38.8 Å². The van der Waals surface area contributed by atoms with Crippen LogP contribution in [0.5, 0.6) is 0 Å². The number of ketones is 1. The topological polar surface area (TPSA) is 87.7 Å². The third-order valence-electron chi connectivity index (χ3n) is 3.40. The molecule has 0 fully saturated rings. The van der Waals surface area contributed by atoms with E-state index in [-0.39, 0.29) is 24.5 Å². The maximum atomic E-state index is 12.1. The Morgan fingerprint density at radius 3 is 2.70 bits per heavy atom. The summed E-state index contributed by atoms with van der Waals surface area (Å²) in [5.41, 5.74) is 2.86. The lowest BCUT2D eigenvalue weighted by Crippen LogP contribution is -2.14. The summed E-state index contributed by atoms with van der Waals surface area (Å²) < 4.78 is 0. The Balaban J connectivity index is 1.85. The zero-order chi connectivity index (χ0) is 16.8. The van der Waals surface area contributed by atoms with Gasteiger partial charge in [-0.05, 0) is 36.8 Å². The number of aryl methyl sites for hydroxylation is 2. The molecular weight excluding hydrogens is 312 g/mol. The van der Waals surface area contributed by atoms with Crippen LogP contribution in [0.2, 0.25) is 0 Å². The number of amides is 1. The van der Waals surface area contributed by atoms with Crippen molar-refractivity contribution in [3.8, 4) is 0 Å². The number of aromatic amines is 1. The quantitative estimate of drug-likeness (QED) is 0.601. The van der Waals surface area contributed by atoms with Crippen LogP contribution in [-0.2, 0) is 4.79 Å². The molecule has 0 aliphatic rings. The molecule has 0 aliphatic heterocycles. The maximum absolute atomic E-state index is 12.1. The molecule has 1 amide bonds. The summed E-state index contributed by atoms with van der Waals surface area (Å²) >= 11 is 1.48. The number of carbonyl (C=O) groups is 2. The second kappa shape index (κ2) is 7.92. The predicted octanol–water partition coefficient (Wildman–Crippen LogP) is 3.14. The minimum atomic E-state index is -0.258. The highest BCUT2D eigenvalue weighted by Crippen LogP contribution is 2.14. The van der Waals surface area contributed by atoms with Crippen molar-refractivity contribution < 1.29 is 9.59 Å². The van der Waals surface area contributed by atoms with Crippen LogP contribution in [0.3, 0.4) is 0 Å². The lowest BCUT2D eigenvalue weighted by Gasteiger charge is -2.05. The van der Waals surface area contributed by atoms with E-state index < -0.39 is 0 Å². The molecule has 6 nitrogen and oxygen atoms in total. The van der Waals surface area contributed by atoms with Gasteiger partial charge in [-0.1, -0.05) is 30.8 Å². The number of rotatable bonds is 7. The Morgan fingerprint density at radius 2 is 2.00 bits per heavy atom. The van der Waals surface area contributed by atoms with Crippen LogP contribution in [0.15, 0.2) is 23.4 Å². The lowest BCUT2D eigenvalue weighted by atomic mass is 10.0. The Hall–Kier alpha value is -2.15. The highest BCUT2D eigenvalue weighted by molar-refractivity contribution is 7.99. The first-order chi connectivity index (χ1) is 11.0. The second-order valence-corrected chi connectivity index (χ2v) is 6.40. The van der Waals surface area contributed by atoms with Crippen LogP contribution in [0.4, 0.5) is 5.95 Å². The minimum absolute atomic E-state index is 0.0388. The lowest BCUT2D eigenvalue weighted by molar-refractivity contribution is -0.116. The number of thioether (sulfide) groups is 1. The van der Waals surface area contributed by atoms with Crippen molar-refractivity contribution in [2.75, 3.05) is 11.1 Å². The van der Waals surface area contributed by atoms with Gasteiger partial charge in [0.15, 0.2) is 5.78 Å². The third kappa shape index (κ3) is 4.92. The van der Waals surface area contributed by atoms with Crippen molar-refractivity contribution in [2.24, 2.45) is 0 Å². The van der Waals surface area contributed by atoms with Gasteiger partial charge in [0.1, 0.15) is 0 Å². The van der Waals surface area contributed by atoms with E-state index in [9.17, 15) is 9.59 Å². The Bertz CT molecular complexity index is 712. The molecule has 0 spiro atoms. The molecule has 0 saturated carbocycles. The van der Waals surface area contributed by atoms with Gasteiger partial charge in [0, 0.05) is 18.4 Å². The molecule has 2 rings (SSSR count). The van der Waals surface area contributed by atoms with Crippen molar-refractivity contribution in [3.05, 3.63) is 34.9 Å². The molecule has 1 aromatic carbocycles. The fourth-order valence-corrected chi connectivity index (χ4v) is 2.50. The van der Waals surface area contributed by atoms with Crippen molar-refractivity contribution in [1.29, 1.82) is 0 Å². The smallest absolute Gasteiger partial charge is 0.227 e. The Morgan fingerprint density at radius 1 is 1.22 bits per heavy atom. The Kier molecular flexibility index (Phi) is 5.92. The van der Waals surface area contributed by atoms with Gasteiger partial charge < -0.3 is 0 Å². The first-order valence-corrected chi connectivity index (χ1v) is 8.43. The molecule has 2 N–H and O–H groups in total. The first-order valence-electron chi connectivity index (χ1n) is 7.45. The second-order valence-electron chi connectivity index (χ2n) is 5.17. The normalized spacial score (nSPS) is 10.6. The van der Waals surface area contributed by atoms with E-state index in [2.05, 4.69) is 20.5 Å². The monoisotopic (exact) mass is 332 g/mol. The molecule has 0 atom stereocenters. The van der Waals surface area contributed by atoms with Gasteiger partial charge in [-0.25, -0.2) is 5.10 Å². The van der Waals surface area contributed by atoms with Gasteiger partial charge >= 0.3 is 0 Å². The van der Waals surface area contributed by atoms with Crippen molar-refractivity contribution in [3.63, 3.8) is 0 Å². The van der Waals surface area contributed by atoms with E-state index in [1.807, 2.05) is 32.9 Å². The largest absolute Gasteiger partial charge is 0.295 e. The zero-order valence-electron chi connectivity index (χ0n) is 13.5. The van der Waals surface area contributed by atoms with Crippen LogP contribution >= 0.6 is 11.8 Å². The third-order valence-corrected chi connectivity index (χ3v) is 4.13.